The lowest BCUT2D eigenvalue weighted by Crippen LogP contribution is -2.45. The second-order valence-electron chi connectivity index (χ2n) is 7.55. The molecule has 138 valence electrons. The first-order valence-corrected chi connectivity index (χ1v) is 9.57. The number of rotatable bonds is 4. The first-order valence-electron chi connectivity index (χ1n) is 9.57. The van der Waals surface area contributed by atoms with Crippen molar-refractivity contribution < 1.29 is 0 Å². The summed E-state index contributed by atoms with van der Waals surface area (Å²) in [6, 6.07) is 13.4. The molecule has 2 aliphatic heterocycles. The summed E-state index contributed by atoms with van der Waals surface area (Å²) in [6.07, 6.45) is 3.48. The molecule has 4 rings (SSSR count). The van der Waals surface area contributed by atoms with E-state index in [1.807, 2.05) is 13.0 Å². The van der Waals surface area contributed by atoms with Gasteiger partial charge in [0.25, 0.3) is 0 Å². The van der Waals surface area contributed by atoms with Crippen LogP contribution in [0.1, 0.15) is 24.1 Å². The van der Waals surface area contributed by atoms with Gasteiger partial charge in [-0.3, -0.25) is 10.9 Å². The van der Waals surface area contributed by atoms with Crippen molar-refractivity contribution in [2.24, 2.45) is 11.8 Å². The summed E-state index contributed by atoms with van der Waals surface area (Å²) in [4.78, 5) is 10.9. The monoisotopic (exact) mass is 352 g/mol. The molecular weight excluding hydrogens is 324 g/mol. The first kappa shape index (κ1) is 17.2. The van der Waals surface area contributed by atoms with E-state index in [-0.39, 0.29) is 0 Å². The van der Waals surface area contributed by atoms with Gasteiger partial charge < -0.3 is 10.6 Å². The molecule has 3 heterocycles. The van der Waals surface area contributed by atoms with E-state index in [9.17, 15) is 0 Å². The minimum absolute atomic E-state index is 0.367. The standard InChI is InChI=1S/C20H28N6/c1-14-11-18(24-20(21)23-14)26-9-7-16(8-10-26)19-17(13-22-25-19)12-15-5-3-2-4-6-15/h2-6,11,16-17,19,22,25H,7-10,12-13H2,1H3,(H2,21,23,24). The molecule has 2 aliphatic rings. The summed E-state index contributed by atoms with van der Waals surface area (Å²) >= 11 is 0. The zero-order valence-corrected chi connectivity index (χ0v) is 15.4. The average Bonchev–Trinajstić information content (AvgIpc) is 3.10. The maximum atomic E-state index is 5.82. The van der Waals surface area contributed by atoms with Crippen LogP contribution in [0.15, 0.2) is 36.4 Å². The van der Waals surface area contributed by atoms with Crippen LogP contribution >= 0.6 is 0 Å². The Morgan fingerprint density at radius 2 is 1.92 bits per heavy atom. The number of aromatic nitrogens is 2. The maximum absolute atomic E-state index is 5.82. The molecule has 2 saturated heterocycles. The fourth-order valence-electron chi connectivity index (χ4n) is 4.40. The predicted octanol–water partition coefficient (Wildman–Crippen LogP) is 1.92. The van der Waals surface area contributed by atoms with Crippen molar-refractivity contribution in [1.82, 2.24) is 20.8 Å². The van der Waals surface area contributed by atoms with Crippen LogP contribution in [0.3, 0.4) is 0 Å². The molecule has 4 N–H and O–H groups in total. The topological polar surface area (TPSA) is 79.1 Å². The highest BCUT2D eigenvalue weighted by molar-refractivity contribution is 5.43. The lowest BCUT2D eigenvalue weighted by atomic mass is 9.81. The van der Waals surface area contributed by atoms with Crippen molar-refractivity contribution >= 4 is 11.8 Å². The third-order valence-corrected chi connectivity index (χ3v) is 5.71. The molecule has 0 aliphatic carbocycles. The molecule has 1 aromatic heterocycles. The highest BCUT2D eigenvalue weighted by Gasteiger charge is 2.35. The summed E-state index contributed by atoms with van der Waals surface area (Å²) in [5.41, 5.74) is 15.1. The van der Waals surface area contributed by atoms with Gasteiger partial charge >= 0.3 is 0 Å². The Labute approximate surface area is 155 Å². The van der Waals surface area contributed by atoms with Crippen LogP contribution < -0.4 is 21.5 Å². The van der Waals surface area contributed by atoms with Gasteiger partial charge in [0.1, 0.15) is 5.82 Å². The summed E-state index contributed by atoms with van der Waals surface area (Å²) < 4.78 is 0. The largest absolute Gasteiger partial charge is 0.368 e. The number of nitrogens with zero attached hydrogens (tertiary/aromatic N) is 3. The van der Waals surface area contributed by atoms with Gasteiger partial charge in [-0.05, 0) is 43.6 Å². The molecule has 0 saturated carbocycles. The van der Waals surface area contributed by atoms with Crippen molar-refractivity contribution in [3.63, 3.8) is 0 Å². The Kier molecular flexibility index (Phi) is 5.04. The van der Waals surface area contributed by atoms with Crippen LogP contribution in [-0.2, 0) is 6.42 Å². The minimum atomic E-state index is 0.367. The highest BCUT2D eigenvalue weighted by Crippen LogP contribution is 2.30. The number of piperidine rings is 1. The SMILES string of the molecule is Cc1cc(N2CCC(C3NNCC3Cc3ccccc3)CC2)nc(N)n1. The zero-order valence-electron chi connectivity index (χ0n) is 15.4. The zero-order chi connectivity index (χ0) is 17.9. The Hall–Kier alpha value is -2.18. The third-order valence-electron chi connectivity index (χ3n) is 5.71. The summed E-state index contributed by atoms with van der Waals surface area (Å²) in [6.45, 7) is 5.06. The molecule has 0 amide bonds. The smallest absolute Gasteiger partial charge is 0.222 e. The molecule has 1 aromatic carbocycles. The van der Waals surface area contributed by atoms with Crippen LogP contribution in [0.2, 0.25) is 0 Å². The molecule has 2 fully saturated rings. The van der Waals surface area contributed by atoms with Gasteiger partial charge in [-0.25, -0.2) is 4.98 Å². The number of benzene rings is 1. The molecule has 2 atom stereocenters. The van der Waals surface area contributed by atoms with Crippen LogP contribution in [0.4, 0.5) is 11.8 Å². The van der Waals surface area contributed by atoms with Crippen LogP contribution in [0.5, 0.6) is 0 Å². The van der Waals surface area contributed by atoms with E-state index in [0.29, 0.717) is 23.8 Å². The van der Waals surface area contributed by atoms with Crippen molar-refractivity contribution in [2.75, 3.05) is 30.3 Å². The molecule has 6 heteroatoms. The van der Waals surface area contributed by atoms with Crippen molar-refractivity contribution in [3.05, 3.63) is 47.7 Å². The first-order chi connectivity index (χ1) is 12.7. The van der Waals surface area contributed by atoms with Crippen LogP contribution in [-0.4, -0.2) is 35.6 Å². The van der Waals surface area contributed by atoms with Gasteiger partial charge in [-0.2, -0.15) is 4.98 Å². The van der Waals surface area contributed by atoms with Crippen molar-refractivity contribution in [1.29, 1.82) is 0 Å². The van der Waals surface area contributed by atoms with Gasteiger partial charge in [0.15, 0.2) is 0 Å². The number of hydrogen-bond acceptors (Lipinski definition) is 6. The summed E-state index contributed by atoms with van der Waals surface area (Å²) in [7, 11) is 0. The van der Waals surface area contributed by atoms with Crippen LogP contribution in [0, 0.1) is 18.8 Å². The molecular formula is C20H28N6. The van der Waals surface area contributed by atoms with Crippen molar-refractivity contribution in [3.8, 4) is 0 Å². The van der Waals surface area contributed by atoms with E-state index in [1.165, 1.54) is 18.4 Å². The van der Waals surface area contributed by atoms with E-state index in [4.69, 9.17) is 5.73 Å². The summed E-state index contributed by atoms with van der Waals surface area (Å²) in [5.74, 6) is 2.67. The van der Waals surface area contributed by atoms with E-state index in [2.05, 4.69) is 56.1 Å². The highest BCUT2D eigenvalue weighted by atomic mass is 15.4. The van der Waals surface area contributed by atoms with E-state index < -0.39 is 0 Å². The molecule has 0 bridgehead atoms. The molecule has 0 spiro atoms. The van der Waals surface area contributed by atoms with E-state index >= 15 is 0 Å². The van der Waals surface area contributed by atoms with Gasteiger partial charge in [0.2, 0.25) is 5.95 Å². The quantitative estimate of drug-likeness (QED) is 0.780. The van der Waals surface area contributed by atoms with E-state index in [0.717, 1.165) is 37.6 Å². The maximum Gasteiger partial charge on any atom is 0.222 e. The van der Waals surface area contributed by atoms with Crippen molar-refractivity contribution in [2.45, 2.75) is 32.2 Å². The molecule has 26 heavy (non-hydrogen) atoms. The Morgan fingerprint density at radius 1 is 1.15 bits per heavy atom. The number of nitrogens with one attached hydrogen (secondary N) is 2. The van der Waals surface area contributed by atoms with Gasteiger partial charge in [-0.1, -0.05) is 30.3 Å². The van der Waals surface area contributed by atoms with Gasteiger partial charge in [0, 0.05) is 37.4 Å². The number of nitrogen functional groups attached to an aromatic ring is 1. The van der Waals surface area contributed by atoms with E-state index in [1.54, 1.807) is 0 Å². The lowest BCUT2D eigenvalue weighted by molar-refractivity contribution is 0.267. The number of nitrogens with two attached hydrogens (primary N) is 1. The fraction of sp³-hybridized carbons (Fsp3) is 0.500. The number of anilines is 2. The Bertz CT molecular complexity index is 706. The second kappa shape index (κ2) is 7.60. The predicted molar refractivity (Wildman–Crippen MR) is 105 cm³/mol. The molecule has 2 aromatic rings. The molecule has 6 nitrogen and oxygen atoms in total. The number of aryl methyl sites for hydroxylation is 1. The van der Waals surface area contributed by atoms with Crippen LogP contribution in [0.25, 0.3) is 0 Å². The van der Waals surface area contributed by atoms with Gasteiger partial charge in [0.05, 0.1) is 0 Å². The van der Waals surface area contributed by atoms with Gasteiger partial charge in [-0.15, -0.1) is 0 Å². The molecule has 2 unspecified atom stereocenters. The normalized spacial score (nSPS) is 24.1. The average molecular weight is 352 g/mol. The number of hydrazine groups is 1. The molecule has 0 radical (unpaired) electrons. The minimum Gasteiger partial charge on any atom is -0.368 e. The lowest BCUT2D eigenvalue weighted by Gasteiger charge is -2.37. The Morgan fingerprint density at radius 3 is 2.65 bits per heavy atom. The Balaban J connectivity index is 1.37. The second-order valence-corrected chi connectivity index (χ2v) is 7.55. The third kappa shape index (κ3) is 3.81. The summed E-state index contributed by atoms with van der Waals surface area (Å²) in [5, 5.41) is 0. The number of hydrogen-bond donors (Lipinski definition) is 3. The fourth-order valence-corrected chi connectivity index (χ4v) is 4.40.